The van der Waals surface area contributed by atoms with E-state index in [9.17, 15) is 14.4 Å². The molecule has 2 aliphatic carbocycles. The fourth-order valence-electron chi connectivity index (χ4n) is 4.63. The Bertz CT molecular complexity index is 697. The van der Waals surface area contributed by atoms with Crippen LogP contribution in [0.1, 0.15) is 75.1 Å². The maximum Gasteiger partial charge on any atom is 0.306 e. The number of rotatable bonds is 10. The molecule has 0 unspecified atom stereocenters. The number of esters is 1. The van der Waals surface area contributed by atoms with Gasteiger partial charge in [0.1, 0.15) is 0 Å². The molecule has 0 saturated heterocycles. The number of benzene rings is 1. The zero-order valence-electron chi connectivity index (χ0n) is 16.7. The molecule has 0 radical (unpaired) electrons. The molecular weight excluding hydrogens is 354 g/mol. The Morgan fingerprint density at radius 1 is 1.07 bits per heavy atom. The second-order valence-corrected chi connectivity index (χ2v) is 8.31. The Morgan fingerprint density at radius 2 is 1.86 bits per heavy atom. The number of unbranched alkanes of at least 4 members (excludes halogenated alkanes) is 2. The predicted molar refractivity (Wildman–Crippen MR) is 108 cm³/mol. The summed E-state index contributed by atoms with van der Waals surface area (Å²) in [4.78, 5) is 36.2. The normalized spacial score (nSPS) is 22.8. The van der Waals surface area contributed by atoms with E-state index in [-0.39, 0.29) is 24.3 Å². The lowest BCUT2D eigenvalue weighted by atomic mass is 9.86. The van der Waals surface area contributed by atoms with Crippen LogP contribution < -0.4 is 5.32 Å². The Morgan fingerprint density at radius 3 is 2.50 bits per heavy atom. The minimum Gasteiger partial charge on any atom is -0.457 e. The summed E-state index contributed by atoms with van der Waals surface area (Å²) in [6.07, 6.45) is 8.90. The Labute approximate surface area is 167 Å². The quantitative estimate of drug-likeness (QED) is 0.358. The van der Waals surface area contributed by atoms with E-state index in [0.717, 1.165) is 31.6 Å². The number of carbonyl (C=O) groups excluding carboxylic acids is 3. The molecule has 1 amide bonds. The lowest BCUT2D eigenvalue weighted by Crippen LogP contribution is -2.19. The molecule has 2 bridgehead atoms. The maximum atomic E-state index is 12.3. The van der Waals surface area contributed by atoms with Crippen LogP contribution in [0.15, 0.2) is 24.3 Å². The van der Waals surface area contributed by atoms with E-state index in [2.05, 4.69) is 12.2 Å². The Kier molecular flexibility index (Phi) is 7.24. The highest BCUT2D eigenvalue weighted by Gasteiger charge is 2.40. The molecule has 28 heavy (non-hydrogen) atoms. The zero-order chi connectivity index (χ0) is 19.9. The van der Waals surface area contributed by atoms with Gasteiger partial charge >= 0.3 is 5.97 Å². The Hall–Kier alpha value is -2.17. The number of amides is 1. The summed E-state index contributed by atoms with van der Waals surface area (Å²) < 4.78 is 5.22. The van der Waals surface area contributed by atoms with Crippen molar-refractivity contribution in [2.45, 2.75) is 64.7 Å². The van der Waals surface area contributed by atoms with Gasteiger partial charge in [-0.25, -0.2) is 0 Å². The van der Waals surface area contributed by atoms with Crippen LogP contribution in [0.2, 0.25) is 0 Å². The summed E-state index contributed by atoms with van der Waals surface area (Å²) in [5.41, 5.74) is 1.16. The predicted octanol–water partition coefficient (Wildman–Crippen LogP) is 4.76. The first-order valence-corrected chi connectivity index (χ1v) is 10.6. The number of ketones is 1. The van der Waals surface area contributed by atoms with Crippen LogP contribution in [0.5, 0.6) is 0 Å². The average molecular weight is 386 g/mol. The van der Waals surface area contributed by atoms with Crippen molar-refractivity contribution in [3.05, 3.63) is 29.8 Å². The second kappa shape index (κ2) is 9.85. The van der Waals surface area contributed by atoms with Gasteiger partial charge in [0.15, 0.2) is 12.4 Å². The molecule has 1 aromatic rings. The van der Waals surface area contributed by atoms with Crippen LogP contribution in [0.4, 0.5) is 5.69 Å². The first kappa shape index (κ1) is 20.6. The third kappa shape index (κ3) is 5.66. The third-order valence-electron chi connectivity index (χ3n) is 6.18. The van der Waals surface area contributed by atoms with Crippen molar-refractivity contribution in [1.82, 2.24) is 0 Å². The minimum atomic E-state index is -0.262. The van der Waals surface area contributed by atoms with Gasteiger partial charge in [-0.2, -0.15) is 0 Å². The number of fused-ring (bicyclic) bond motifs is 2. The number of nitrogens with one attached hydrogen (secondary N) is 1. The van der Waals surface area contributed by atoms with E-state index in [4.69, 9.17) is 4.74 Å². The van der Waals surface area contributed by atoms with Crippen molar-refractivity contribution >= 4 is 23.3 Å². The van der Waals surface area contributed by atoms with Gasteiger partial charge in [-0.1, -0.05) is 26.2 Å². The van der Waals surface area contributed by atoms with Crippen LogP contribution >= 0.6 is 0 Å². The van der Waals surface area contributed by atoms with Gasteiger partial charge in [-0.3, -0.25) is 14.4 Å². The van der Waals surface area contributed by atoms with Gasteiger partial charge < -0.3 is 10.1 Å². The van der Waals surface area contributed by atoms with E-state index in [1.165, 1.54) is 19.3 Å². The third-order valence-corrected chi connectivity index (χ3v) is 6.18. The lowest BCUT2D eigenvalue weighted by Gasteiger charge is -2.20. The van der Waals surface area contributed by atoms with Crippen LogP contribution in [-0.2, 0) is 14.3 Å². The van der Waals surface area contributed by atoms with Crippen molar-refractivity contribution in [2.24, 2.45) is 17.8 Å². The smallest absolute Gasteiger partial charge is 0.306 e. The summed E-state index contributed by atoms with van der Waals surface area (Å²) in [5, 5.41) is 2.84. The zero-order valence-corrected chi connectivity index (χ0v) is 16.7. The number of anilines is 1. The summed E-state index contributed by atoms with van der Waals surface area (Å²) in [6, 6.07) is 6.74. The molecule has 3 atom stereocenters. The summed E-state index contributed by atoms with van der Waals surface area (Å²) in [7, 11) is 0. The monoisotopic (exact) mass is 385 g/mol. The van der Waals surface area contributed by atoms with Gasteiger partial charge in [0.05, 0.1) is 0 Å². The fraction of sp³-hybridized carbons (Fsp3) is 0.609. The Balaban J connectivity index is 1.39. The summed E-state index contributed by atoms with van der Waals surface area (Å²) in [6.45, 7) is 1.88. The van der Waals surface area contributed by atoms with Crippen LogP contribution in [0.25, 0.3) is 0 Å². The number of ether oxygens (including phenoxy) is 1. The van der Waals surface area contributed by atoms with Crippen molar-refractivity contribution in [2.75, 3.05) is 11.9 Å². The molecule has 152 valence electrons. The molecule has 3 rings (SSSR count). The van der Waals surface area contributed by atoms with E-state index >= 15 is 0 Å². The molecule has 2 saturated carbocycles. The van der Waals surface area contributed by atoms with E-state index in [1.807, 2.05) is 0 Å². The van der Waals surface area contributed by atoms with Crippen molar-refractivity contribution < 1.29 is 19.1 Å². The molecule has 2 fully saturated rings. The van der Waals surface area contributed by atoms with Gasteiger partial charge in [0.2, 0.25) is 5.91 Å². The van der Waals surface area contributed by atoms with Gasteiger partial charge in [-0.05, 0) is 67.7 Å². The first-order valence-electron chi connectivity index (χ1n) is 10.6. The molecule has 0 aromatic heterocycles. The maximum absolute atomic E-state index is 12.3. The largest absolute Gasteiger partial charge is 0.457 e. The molecule has 0 aliphatic heterocycles. The van der Waals surface area contributed by atoms with E-state index in [0.29, 0.717) is 35.9 Å². The van der Waals surface area contributed by atoms with Crippen LogP contribution in [-0.4, -0.2) is 24.3 Å². The highest BCUT2D eigenvalue weighted by molar-refractivity contribution is 5.98. The highest BCUT2D eigenvalue weighted by atomic mass is 16.5. The molecular formula is C23H31NO4. The SMILES string of the molecule is CCCCCC(=O)Nc1ccc(C(=O)COC(=O)C[C@@H]2C[C@@H]3CC[C@@H]2C3)cc1. The van der Waals surface area contributed by atoms with Crippen molar-refractivity contribution in [3.63, 3.8) is 0 Å². The molecule has 0 spiro atoms. The lowest BCUT2D eigenvalue weighted by molar-refractivity contribution is -0.144. The van der Waals surface area contributed by atoms with Crippen molar-refractivity contribution in [3.8, 4) is 0 Å². The number of hydrogen-bond acceptors (Lipinski definition) is 4. The molecule has 5 heteroatoms. The molecule has 1 aromatic carbocycles. The van der Waals surface area contributed by atoms with Crippen LogP contribution in [0.3, 0.4) is 0 Å². The topological polar surface area (TPSA) is 72.5 Å². The fourth-order valence-corrected chi connectivity index (χ4v) is 4.63. The average Bonchev–Trinajstić information content (AvgIpc) is 3.30. The van der Waals surface area contributed by atoms with E-state index in [1.54, 1.807) is 24.3 Å². The summed E-state index contributed by atoms with van der Waals surface area (Å²) in [5.74, 6) is 1.43. The van der Waals surface area contributed by atoms with Gasteiger partial charge in [0.25, 0.3) is 0 Å². The summed E-state index contributed by atoms with van der Waals surface area (Å²) >= 11 is 0. The second-order valence-electron chi connectivity index (χ2n) is 8.31. The standard InChI is InChI=1S/C23H31NO4/c1-2-3-4-5-22(26)24-20-10-8-17(9-11-20)21(25)15-28-23(27)14-19-13-16-6-7-18(19)12-16/h8-11,16,18-19H,2-7,12-15H2,1H3,(H,24,26)/t16-,18-,19+/m1/s1. The highest BCUT2D eigenvalue weighted by Crippen LogP contribution is 2.49. The van der Waals surface area contributed by atoms with Crippen molar-refractivity contribution in [1.29, 1.82) is 0 Å². The number of hydrogen-bond donors (Lipinski definition) is 1. The van der Waals surface area contributed by atoms with Crippen LogP contribution in [0, 0.1) is 17.8 Å². The molecule has 0 heterocycles. The van der Waals surface area contributed by atoms with Gasteiger partial charge in [0, 0.05) is 24.1 Å². The first-order chi connectivity index (χ1) is 13.5. The molecule has 5 nitrogen and oxygen atoms in total. The van der Waals surface area contributed by atoms with E-state index < -0.39 is 0 Å². The van der Waals surface area contributed by atoms with Gasteiger partial charge in [-0.15, -0.1) is 0 Å². The minimum absolute atomic E-state index is 0.0120. The molecule has 1 N–H and O–H groups in total. The molecule has 2 aliphatic rings. The number of carbonyl (C=O) groups is 3. The number of Topliss-reactive ketones (excluding diaryl/α,β-unsaturated/α-hetero) is 1.